The number of halogens is 1. The van der Waals surface area contributed by atoms with Gasteiger partial charge in [0.1, 0.15) is 0 Å². The van der Waals surface area contributed by atoms with Crippen LogP contribution >= 0.6 is 11.6 Å². The van der Waals surface area contributed by atoms with Gasteiger partial charge in [-0.1, -0.05) is 37.6 Å². The van der Waals surface area contributed by atoms with E-state index in [2.05, 4.69) is 17.6 Å². The predicted octanol–water partition coefficient (Wildman–Crippen LogP) is 3.27. The number of carboxylic acid groups (broad SMARTS) is 1. The zero-order valence-corrected chi connectivity index (χ0v) is 16.6. The molecule has 2 amide bonds. The molecule has 3 unspecified atom stereocenters. The molecule has 27 heavy (non-hydrogen) atoms. The van der Waals surface area contributed by atoms with E-state index in [1.807, 2.05) is 36.1 Å². The van der Waals surface area contributed by atoms with Gasteiger partial charge >= 0.3 is 12.0 Å². The van der Waals surface area contributed by atoms with Gasteiger partial charge in [-0.3, -0.25) is 9.69 Å². The lowest BCUT2D eigenvalue weighted by atomic mass is 9.85. The Balaban J connectivity index is 1.51. The molecule has 2 saturated carbocycles. The minimum atomic E-state index is -0.810. The number of likely N-dealkylation sites (N-methyl/N-ethyl adjacent to an activating group) is 1. The van der Waals surface area contributed by atoms with Gasteiger partial charge in [0.2, 0.25) is 0 Å². The highest BCUT2D eigenvalue weighted by Gasteiger charge is 2.41. The molecule has 2 aliphatic carbocycles. The molecule has 0 saturated heterocycles. The highest BCUT2D eigenvalue weighted by molar-refractivity contribution is 6.30. The number of benzene rings is 1. The fraction of sp³-hybridized carbons (Fsp3) is 0.600. The van der Waals surface area contributed by atoms with Gasteiger partial charge in [0, 0.05) is 17.1 Å². The van der Waals surface area contributed by atoms with E-state index >= 15 is 0 Å². The second-order valence-electron chi connectivity index (χ2n) is 7.80. The average molecular weight is 394 g/mol. The van der Waals surface area contributed by atoms with Crippen LogP contribution in [-0.2, 0) is 4.79 Å². The Morgan fingerprint density at radius 3 is 2.41 bits per heavy atom. The predicted molar refractivity (Wildman–Crippen MR) is 105 cm³/mol. The number of amides is 2. The first-order valence-electron chi connectivity index (χ1n) is 9.65. The molecule has 2 fully saturated rings. The number of urea groups is 1. The van der Waals surface area contributed by atoms with Crippen LogP contribution in [0.4, 0.5) is 4.79 Å². The van der Waals surface area contributed by atoms with Crippen molar-refractivity contribution in [3.05, 3.63) is 34.9 Å². The summed E-state index contributed by atoms with van der Waals surface area (Å²) in [5.41, 5.74) is 1.08. The molecule has 1 aromatic rings. The maximum absolute atomic E-state index is 12.5. The summed E-state index contributed by atoms with van der Waals surface area (Å²) < 4.78 is 0. The molecule has 7 heteroatoms. The summed E-state index contributed by atoms with van der Waals surface area (Å²) in [6.07, 6.45) is 2.69. The SMILES string of the molecule is CCN(CC(=O)O)C1CC(NC(=O)NC(c2ccc(Cl)cc2)C2CC2C)C1. The van der Waals surface area contributed by atoms with Crippen LogP contribution in [0.5, 0.6) is 0 Å². The number of hydrogen-bond donors (Lipinski definition) is 3. The lowest BCUT2D eigenvalue weighted by molar-refractivity contribution is -0.139. The van der Waals surface area contributed by atoms with Gasteiger partial charge in [-0.25, -0.2) is 4.79 Å². The molecule has 3 atom stereocenters. The Morgan fingerprint density at radius 2 is 1.89 bits per heavy atom. The summed E-state index contributed by atoms with van der Waals surface area (Å²) in [6, 6.07) is 7.83. The van der Waals surface area contributed by atoms with Crippen molar-refractivity contribution in [3.63, 3.8) is 0 Å². The Kier molecular flexibility index (Phi) is 6.27. The first-order valence-corrected chi connectivity index (χ1v) is 10.0. The number of hydrogen-bond acceptors (Lipinski definition) is 3. The minimum Gasteiger partial charge on any atom is -0.480 e. The first-order chi connectivity index (χ1) is 12.9. The van der Waals surface area contributed by atoms with Gasteiger partial charge < -0.3 is 15.7 Å². The van der Waals surface area contributed by atoms with Gasteiger partial charge in [0.25, 0.3) is 0 Å². The number of nitrogens with one attached hydrogen (secondary N) is 2. The number of nitrogens with zero attached hydrogens (tertiary/aromatic N) is 1. The second kappa shape index (κ2) is 8.48. The van der Waals surface area contributed by atoms with E-state index in [0.717, 1.165) is 24.8 Å². The van der Waals surface area contributed by atoms with Gasteiger partial charge in [0.05, 0.1) is 12.6 Å². The summed E-state index contributed by atoms with van der Waals surface area (Å²) >= 11 is 5.98. The molecule has 3 rings (SSSR count). The highest BCUT2D eigenvalue weighted by Crippen LogP contribution is 2.47. The molecule has 0 spiro atoms. The van der Waals surface area contributed by atoms with Crippen molar-refractivity contribution in [2.75, 3.05) is 13.1 Å². The number of carboxylic acids is 1. The number of rotatable bonds is 8. The van der Waals surface area contributed by atoms with Crippen molar-refractivity contribution >= 4 is 23.6 Å². The van der Waals surface area contributed by atoms with Crippen LogP contribution < -0.4 is 10.6 Å². The largest absolute Gasteiger partial charge is 0.480 e. The van der Waals surface area contributed by atoms with E-state index in [0.29, 0.717) is 23.4 Å². The monoisotopic (exact) mass is 393 g/mol. The maximum Gasteiger partial charge on any atom is 0.317 e. The summed E-state index contributed by atoms with van der Waals surface area (Å²) in [5.74, 6) is 0.251. The van der Waals surface area contributed by atoms with Crippen LogP contribution in [0.1, 0.15) is 44.7 Å². The van der Waals surface area contributed by atoms with E-state index in [1.54, 1.807) is 0 Å². The molecule has 0 aromatic heterocycles. The van der Waals surface area contributed by atoms with Crippen LogP contribution in [0.25, 0.3) is 0 Å². The lowest BCUT2D eigenvalue weighted by Gasteiger charge is -2.42. The van der Waals surface area contributed by atoms with E-state index in [9.17, 15) is 9.59 Å². The second-order valence-corrected chi connectivity index (χ2v) is 8.24. The number of carbonyl (C=O) groups excluding carboxylic acids is 1. The normalized spacial score (nSPS) is 27.6. The van der Waals surface area contributed by atoms with Crippen LogP contribution in [-0.4, -0.2) is 47.2 Å². The molecule has 6 nitrogen and oxygen atoms in total. The van der Waals surface area contributed by atoms with Crippen LogP contribution in [0.15, 0.2) is 24.3 Å². The molecule has 1 aromatic carbocycles. The third kappa shape index (κ3) is 5.14. The van der Waals surface area contributed by atoms with Crippen molar-refractivity contribution in [2.24, 2.45) is 11.8 Å². The summed E-state index contributed by atoms with van der Waals surface area (Å²) in [6.45, 7) is 4.92. The molecule has 3 N–H and O–H groups in total. The van der Waals surface area contributed by atoms with Crippen LogP contribution in [0.2, 0.25) is 5.02 Å². The smallest absolute Gasteiger partial charge is 0.317 e. The molecule has 0 radical (unpaired) electrons. The highest BCUT2D eigenvalue weighted by atomic mass is 35.5. The van der Waals surface area contributed by atoms with Crippen molar-refractivity contribution in [1.82, 2.24) is 15.5 Å². The Bertz CT molecular complexity index is 676. The Hall–Kier alpha value is -1.79. The van der Waals surface area contributed by atoms with Crippen LogP contribution in [0, 0.1) is 11.8 Å². The van der Waals surface area contributed by atoms with Crippen molar-refractivity contribution in [3.8, 4) is 0 Å². The lowest BCUT2D eigenvalue weighted by Crippen LogP contribution is -2.56. The third-order valence-electron chi connectivity index (χ3n) is 5.82. The minimum absolute atomic E-state index is 0.00714. The summed E-state index contributed by atoms with van der Waals surface area (Å²) in [7, 11) is 0. The maximum atomic E-state index is 12.5. The fourth-order valence-electron chi connectivity index (χ4n) is 3.97. The zero-order chi connectivity index (χ0) is 19.6. The topological polar surface area (TPSA) is 81.7 Å². The number of aliphatic carboxylic acids is 1. The molecular weight excluding hydrogens is 366 g/mol. The van der Waals surface area contributed by atoms with Crippen molar-refractivity contribution < 1.29 is 14.7 Å². The summed E-state index contributed by atoms with van der Waals surface area (Å²) in [5, 5.41) is 15.8. The molecule has 148 valence electrons. The van der Waals surface area contributed by atoms with Gasteiger partial charge in [-0.05, 0) is 55.3 Å². The first kappa shape index (κ1) is 20.0. The molecule has 0 heterocycles. The van der Waals surface area contributed by atoms with E-state index in [1.165, 1.54) is 0 Å². The summed E-state index contributed by atoms with van der Waals surface area (Å²) in [4.78, 5) is 25.4. The third-order valence-corrected chi connectivity index (χ3v) is 6.08. The molecular formula is C20H28ClN3O3. The zero-order valence-electron chi connectivity index (χ0n) is 15.8. The van der Waals surface area contributed by atoms with E-state index < -0.39 is 5.97 Å². The van der Waals surface area contributed by atoms with E-state index in [4.69, 9.17) is 16.7 Å². The van der Waals surface area contributed by atoms with Gasteiger partial charge in [-0.2, -0.15) is 0 Å². The van der Waals surface area contributed by atoms with E-state index in [-0.39, 0.29) is 30.7 Å². The quantitative estimate of drug-likeness (QED) is 0.633. The number of carbonyl (C=O) groups is 2. The van der Waals surface area contributed by atoms with Crippen molar-refractivity contribution in [1.29, 1.82) is 0 Å². The van der Waals surface area contributed by atoms with Gasteiger partial charge in [0.15, 0.2) is 0 Å². The van der Waals surface area contributed by atoms with Crippen molar-refractivity contribution in [2.45, 2.75) is 51.2 Å². The fourth-order valence-corrected chi connectivity index (χ4v) is 4.09. The van der Waals surface area contributed by atoms with Gasteiger partial charge in [-0.15, -0.1) is 0 Å². The Morgan fingerprint density at radius 1 is 1.26 bits per heavy atom. The Labute approximate surface area is 165 Å². The standard InChI is InChI=1S/C20H28ClN3O3/c1-3-24(11-18(25)26)16-9-15(10-16)22-20(27)23-19(17-8-12(17)2)13-4-6-14(21)7-5-13/h4-7,12,15-17,19H,3,8-11H2,1-2H3,(H,25,26)(H2,22,23,27). The molecule has 0 aliphatic heterocycles. The average Bonchev–Trinajstić information content (AvgIpc) is 3.31. The van der Waals surface area contributed by atoms with Crippen LogP contribution in [0.3, 0.4) is 0 Å². The molecule has 0 bridgehead atoms. The molecule has 2 aliphatic rings.